The average Bonchev–Trinajstić information content (AvgIpc) is 2.73. The van der Waals surface area contributed by atoms with Gasteiger partial charge in [-0.15, -0.1) is 0 Å². The Morgan fingerprint density at radius 2 is 2.00 bits per heavy atom. The van der Waals surface area contributed by atoms with Crippen LogP contribution in [0.1, 0.15) is 26.5 Å². The zero-order valence-electron chi connectivity index (χ0n) is 9.99. The van der Waals surface area contributed by atoms with Crippen LogP contribution in [0.3, 0.4) is 0 Å². The highest BCUT2D eigenvalue weighted by molar-refractivity contribution is 9.10. The monoisotopic (exact) mass is 295 g/mol. The molecule has 0 saturated heterocycles. The molecule has 4 nitrogen and oxygen atoms in total. The Morgan fingerprint density at radius 3 is 2.53 bits per heavy atom. The van der Waals surface area contributed by atoms with Gasteiger partial charge in [-0.1, -0.05) is 20.8 Å². The first-order valence-corrected chi connectivity index (χ1v) is 6.06. The number of hydrogen-bond acceptors (Lipinski definition) is 4. The highest BCUT2D eigenvalue weighted by atomic mass is 79.9. The fourth-order valence-electron chi connectivity index (χ4n) is 1.48. The lowest BCUT2D eigenvalue weighted by atomic mass is 9.92. The van der Waals surface area contributed by atoms with E-state index in [1.807, 2.05) is 6.07 Å². The van der Waals surface area contributed by atoms with Gasteiger partial charge >= 0.3 is 0 Å². The Balaban J connectivity index is 2.62. The third kappa shape index (κ3) is 2.34. The lowest BCUT2D eigenvalue weighted by Gasteiger charge is -2.20. The second kappa shape index (κ2) is 4.14. The molecule has 0 saturated carbocycles. The number of hydrogen-bond donors (Lipinski definition) is 1. The van der Waals surface area contributed by atoms with Crippen molar-refractivity contribution in [1.82, 2.24) is 9.97 Å². The van der Waals surface area contributed by atoms with Crippen molar-refractivity contribution in [2.45, 2.75) is 26.2 Å². The first-order valence-electron chi connectivity index (χ1n) is 5.27. The third-order valence-corrected chi connectivity index (χ3v) is 3.11. The van der Waals surface area contributed by atoms with E-state index in [1.54, 1.807) is 12.3 Å². The zero-order valence-corrected chi connectivity index (χ0v) is 11.6. The lowest BCUT2D eigenvalue weighted by molar-refractivity contribution is 0.555. The van der Waals surface area contributed by atoms with Crippen molar-refractivity contribution in [1.29, 1.82) is 0 Å². The molecular formula is C12H14BrN3O. The van der Waals surface area contributed by atoms with Crippen LogP contribution in [0, 0.1) is 0 Å². The van der Waals surface area contributed by atoms with Gasteiger partial charge in [-0.2, -0.15) is 0 Å². The van der Waals surface area contributed by atoms with E-state index in [0.29, 0.717) is 17.4 Å². The number of aromatic nitrogens is 2. The largest absolute Gasteiger partial charge is 0.461 e. The van der Waals surface area contributed by atoms with Crippen molar-refractivity contribution >= 4 is 21.7 Å². The van der Waals surface area contributed by atoms with Crippen molar-refractivity contribution in [3.63, 3.8) is 0 Å². The SMILES string of the molecule is CC(C)(C)c1nc(-c2ccco2)nc(N)c1Br. The van der Waals surface area contributed by atoms with Crippen LogP contribution in [-0.4, -0.2) is 9.97 Å². The minimum atomic E-state index is -0.114. The van der Waals surface area contributed by atoms with Crippen LogP contribution in [0.4, 0.5) is 5.82 Å². The van der Waals surface area contributed by atoms with Gasteiger partial charge in [0.2, 0.25) is 0 Å². The summed E-state index contributed by atoms with van der Waals surface area (Å²) in [5.41, 5.74) is 6.64. The van der Waals surface area contributed by atoms with Crippen molar-refractivity contribution < 1.29 is 4.42 Å². The molecule has 0 radical (unpaired) electrons. The summed E-state index contributed by atoms with van der Waals surface area (Å²) in [4.78, 5) is 8.73. The Morgan fingerprint density at radius 1 is 1.29 bits per heavy atom. The summed E-state index contributed by atoms with van der Waals surface area (Å²) in [5, 5.41) is 0. The summed E-state index contributed by atoms with van der Waals surface area (Å²) < 4.78 is 6.04. The smallest absolute Gasteiger partial charge is 0.197 e. The summed E-state index contributed by atoms with van der Waals surface area (Å²) in [6.07, 6.45) is 1.59. The van der Waals surface area contributed by atoms with Gasteiger partial charge in [-0.05, 0) is 28.1 Å². The first-order chi connectivity index (χ1) is 7.89. The topological polar surface area (TPSA) is 64.9 Å². The minimum Gasteiger partial charge on any atom is -0.461 e. The molecular weight excluding hydrogens is 282 g/mol. The van der Waals surface area contributed by atoms with Gasteiger partial charge in [0, 0.05) is 5.41 Å². The predicted octanol–water partition coefficient (Wildman–Crippen LogP) is 3.38. The van der Waals surface area contributed by atoms with Gasteiger partial charge in [-0.25, -0.2) is 9.97 Å². The molecule has 0 spiro atoms. The molecule has 90 valence electrons. The van der Waals surface area contributed by atoms with E-state index in [-0.39, 0.29) is 5.41 Å². The Labute approximate surface area is 108 Å². The third-order valence-electron chi connectivity index (χ3n) is 2.33. The van der Waals surface area contributed by atoms with Crippen LogP contribution < -0.4 is 5.73 Å². The fourth-order valence-corrected chi connectivity index (χ4v) is 2.25. The van der Waals surface area contributed by atoms with Gasteiger partial charge < -0.3 is 10.2 Å². The van der Waals surface area contributed by atoms with E-state index < -0.39 is 0 Å². The van der Waals surface area contributed by atoms with Gasteiger partial charge in [0.25, 0.3) is 0 Å². The van der Waals surface area contributed by atoms with E-state index in [2.05, 4.69) is 46.7 Å². The minimum absolute atomic E-state index is 0.114. The molecule has 2 N–H and O–H groups in total. The number of furan rings is 1. The van der Waals surface area contributed by atoms with Crippen LogP contribution in [0.2, 0.25) is 0 Å². The molecule has 2 aromatic rings. The number of rotatable bonds is 1. The number of nitrogens with zero attached hydrogens (tertiary/aromatic N) is 2. The van der Waals surface area contributed by atoms with Crippen molar-refractivity contribution in [2.24, 2.45) is 0 Å². The molecule has 0 aliphatic rings. The molecule has 0 atom stereocenters. The summed E-state index contributed by atoms with van der Waals surface area (Å²) in [5.74, 6) is 1.56. The average molecular weight is 296 g/mol. The molecule has 0 aliphatic heterocycles. The highest BCUT2D eigenvalue weighted by Crippen LogP contribution is 2.33. The fraction of sp³-hybridized carbons (Fsp3) is 0.333. The van der Waals surface area contributed by atoms with Gasteiger partial charge in [0.1, 0.15) is 5.82 Å². The van der Waals surface area contributed by atoms with Crippen LogP contribution in [0.15, 0.2) is 27.3 Å². The maximum absolute atomic E-state index is 5.88. The Bertz CT molecular complexity index is 529. The van der Waals surface area contributed by atoms with Gasteiger partial charge in [0.15, 0.2) is 11.6 Å². The van der Waals surface area contributed by atoms with Crippen molar-refractivity contribution in [3.05, 3.63) is 28.6 Å². The van der Waals surface area contributed by atoms with Gasteiger partial charge in [-0.3, -0.25) is 0 Å². The maximum Gasteiger partial charge on any atom is 0.197 e. The number of nitrogens with two attached hydrogens (primary N) is 1. The van der Waals surface area contributed by atoms with Crippen molar-refractivity contribution in [3.8, 4) is 11.6 Å². The zero-order chi connectivity index (χ0) is 12.6. The van der Waals surface area contributed by atoms with Crippen LogP contribution in [0.25, 0.3) is 11.6 Å². The van der Waals surface area contributed by atoms with Crippen LogP contribution in [0.5, 0.6) is 0 Å². The molecule has 0 aliphatic carbocycles. The Kier molecular flexibility index (Phi) is 2.95. The van der Waals surface area contributed by atoms with Gasteiger partial charge in [0.05, 0.1) is 16.4 Å². The van der Waals surface area contributed by atoms with E-state index in [9.17, 15) is 0 Å². The van der Waals surface area contributed by atoms with E-state index >= 15 is 0 Å². The maximum atomic E-state index is 5.88. The molecule has 0 fully saturated rings. The molecule has 2 rings (SSSR count). The molecule has 5 heteroatoms. The molecule has 2 aromatic heterocycles. The molecule has 0 aromatic carbocycles. The van der Waals surface area contributed by atoms with E-state index in [0.717, 1.165) is 10.2 Å². The second-order valence-corrected chi connectivity index (χ2v) is 5.62. The summed E-state index contributed by atoms with van der Waals surface area (Å²) >= 11 is 3.43. The number of halogens is 1. The van der Waals surface area contributed by atoms with Crippen LogP contribution >= 0.6 is 15.9 Å². The molecule has 0 bridgehead atoms. The molecule has 0 unspecified atom stereocenters. The van der Waals surface area contributed by atoms with E-state index in [4.69, 9.17) is 10.2 Å². The van der Waals surface area contributed by atoms with E-state index in [1.165, 1.54) is 0 Å². The first kappa shape index (κ1) is 12.1. The Hall–Kier alpha value is -1.36. The number of anilines is 1. The summed E-state index contributed by atoms with van der Waals surface area (Å²) in [6, 6.07) is 3.61. The second-order valence-electron chi connectivity index (χ2n) is 4.82. The summed E-state index contributed by atoms with van der Waals surface area (Å²) in [6.45, 7) is 6.22. The standard InChI is InChI=1S/C12H14BrN3O/c1-12(2,3)9-8(13)10(14)16-11(15-9)7-5-4-6-17-7/h4-6H,1-3H3,(H2,14,15,16). The quantitative estimate of drug-likeness (QED) is 0.876. The molecule has 0 amide bonds. The summed E-state index contributed by atoms with van der Waals surface area (Å²) in [7, 11) is 0. The highest BCUT2D eigenvalue weighted by Gasteiger charge is 2.23. The number of nitrogen functional groups attached to an aromatic ring is 1. The van der Waals surface area contributed by atoms with Crippen LogP contribution in [-0.2, 0) is 5.41 Å². The molecule has 2 heterocycles. The molecule has 17 heavy (non-hydrogen) atoms. The normalized spacial score (nSPS) is 11.8. The predicted molar refractivity (Wildman–Crippen MR) is 70.5 cm³/mol. The van der Waals surface area contributed by atoms with Crippen molar-refractivity contribution in [2.75, 3.05) is 5.73 Å². The lowest BCUT2D eigenvalue weighted by Crippen LogP contribution is -2.17.